The van der Waals surface area contributed by atoms with Crippen molar-refractivity contribution in [2.45, 2.75) is 62.6 Å². The van der Waals surface area contributed by atoms with E-state index < -0.39 is 72.2 Å². The molecule has 2 fully saturated rings. The average Bonchev–Trinajstić information content (AvgIpc) is 3.47. The number of allylic oxidation sites excluding steroid dienone is 1. The summed E-state index contributed by atoms with van der Waals surface area (Å²) in [6.07, 6.45) is 5.51. The van der Waals surface area contributed by atoms with E-state index in [1.54, 1.807) is 67.6 Å². The summed E-state index contributed by atoms with van der Waals surface area (Å²) >= 11 is 6.63. The van der Waals surface area contributed by atoms with E-state index in [4.69, 9.17) is 25.8 Å². The van der Waals surface area contributed by atoms with E-state index in [-0.39, 0.29) is 25.5 Å². The predicted octanol–water partition coefficient (Wildman–Crippen LogP) is 3.28. The lowest BCUT2D eigenvalue weighted by Crippen LogP contribution is -2.57. The third kappa shape index (κ3) is 5.83. The van der Waals surface area contributed by atoms with E-state index >= 15 is 0 Å². The summed E-state index contributed by atoms with van der Waals surface area (Å²) < 4.78 is 18.5. The van der Waals surface area contributed by atoms with E-state index in [0.717, 1.165) is 5.56 Å². The number of aliphatic hydroxyl groups excluding tert-OH is 1. The Morgan fingerprint density at radius 1 is 1.08 bits per heavy atom. The summed E-state index contributed by atoms with van der Waals surface area (Å²) in [5, 5.41) is 13.6. The summed E-state index contributed by atoms with van der Waals surface area (Å²) in [6, 6.07) is 11.7. The number of methoxy groups -OCH3 is 1. The quantitative estimate of drug-likeness (QED) is 0.352. The van der Waals surface area contributed by atoms with Crippen LogP contribution in [0, 0.1) is 18.8 Å². The van der Waals surface area contributed by atoms with E-state index in [2.05, 4.69) is 5.32 Å². The van der Waals surface area contributed by atoms with E-state index in [1.807, 2.05) is 19.1 Å². The highest BCUT2D eigenvalue weighted by Crippen LogP contribution is 2.54. The van der Waals surface area contributed by atoms with E-state index in [0.29, 0.717) is 22.7 Å². The molecular weight excluding hydrogens is 638 g/mol. The number of likely N-dealkylation sites (tertiary alicyclic amines) is 1. The molecule has 2 aromatic rings. The number of para-hydroxylation sites is 1. The van der Waals surface area contributed by atoms with Crippen LogP contribution in [0.2, 0.25) is 5.02 Å². The Kier molecular flexibility index (Phi) is 9.76. The van der Waals surface area contributed by atoms with Crippen LogP contribution in [0.1, 0.15) is 37.0 Å². The summed E-state index contributed by atoms with van der Waals surface area (Å²) in [5.41, 5.74) is 0.341. The van der Waals surface area contributed by atoms with Gasteiger partial charge < -0.3 is 34.4 Å². The predicted molar refractivity (Wildman–Crippen MR) is 177 cm³/mol. The molecule has 1 spiro atoms. The smallest absolute Gasteiger partial charge is 0.313 e. The summed E-state index contributed by atoms with van der Waals surface area (Å²) in [5.74, 6) is -4.20. The average molecular weight is 678 g/mol. The molecule has 0 bridgehead atoms. The molecule has 4 aliphatic heterocycles. The second-order valence-corrected chi connectivity index (χ2v) is 13.1. The number of benzene rings is 2. The maximum absolute atomic E-state index is 14.7. The fourth-order valence-corrected chi connectivity index (χ4v) is 7.88. The molecule has 2 aromatic carbocycles. The fraction of sp³-hybridized carbons (Fsp3) is 0.444. The second-order valence-electron chi connectivity index (χ2n) is 12.7. The highest BCUT2D eigenvalue weighted by Gasteiger charge is 2.72. The molecule has 0 saturated carbocycles. The Morgan fingerprint density at radius 3 is 2.56 bits per heavy atom. The van der Waals surface area contributed by atoms with Gasteiger partial charge in [-0.3, -0.25) is 19.2 Å². The zero-order valence-electron chi connectivity index (χ0n) is 27.1. The molecule has 254 valence electrons. The third-order valence-electron chi connectivity index (χ3n) is 9.69. The lowest BCUT2D eigenvalue weighted by Gasteiger charge is -2.38. The molecule has 0 unspecified atom stereocenters. The molecule has 11 nitrogen and oxygen atoms in total. The first-order valence-corrected chi connectivity index (χ1v) is 16.6. The Hall–Kier alpha value is -4.03. The van der Waals surface area contributed by atoms with Gasteiger partial charge in [0.15, 0.2) is 0 Å². The molecule has 0 aliphatic carbocycles. The molecule has 4 heterocycles. The van der Waals surface area contributed by atoms with Gasteiger partial charge in [0.1, 0.15) is 23.7 Å². The van der Waals surface area contributed by atoms with Gasteiger partial charge in [0.2, 0.25) is 11.8 Å². The summed E-state index contributed by atoms with van der Waals surface area (Å²) in [6.45, 7) is 3.29. The SMILES string of the molecule is COC[C@H]1NC(=O)CC/C=C\[C@H]2O[C@]34C=CCN(c5c(C)cccc5Cl)C(=O)[C@H]3N([C@H](C)CO)C(=O)[C@@H]4[C@H]2C(=O)O[C@@H]1c1ccccc1. The van der Waals surface area contributed by atoms with Crippen molar-refractivity contribution >= 4 is 41.0 Å². The van der Waals surface area contributed by atoms with Gasteiger partial charge in [0.05, 0.1) is 48.0 Å². The van der Waals surface area contributed by atoms with Crippen molar-refractivity contribution in [3.8, 4) is 0 Å². The van der Waals surface area contributed by atoms with Gasteiger partial charge in [-0.2, -0.15) is 0 Å². The van der Waals surface area contributed by atoms with Crippen LogP contribution in [0.25, 0.3) is 0 Å². The minimum Gasteiger partial charge on any atom is -0.455 e. The molecule has 48 heavy (non-hydrogen) atoms. The monoisotopic (exact) mass is 677 g/mol. The number of esters is 1. The molecule has 2 N–H and O–H groups in total. The van der Waals surface area contributed by atoms with Crippen molar-refractivity contribution in [3.63, 3.8) is 0 Å². The van der Waals surface area contributed by atoms with Gasteiger partial charge >= 0.3 is 5.97 Å². The first-order chi connectivity index (χ1) is 23.1. The molecule has 8 atom stereocenters. The molecule has 4 aliphatic rings. The Morgan fingerprint density at radius 2 is 1.85 bits per heavy atom. The number of aryl methyl sites for hydroxylation is 1. The van der Waals surface area contributed by atoms with Gasteiger partial charge in [0, 0.05) is 20.1 Å². The molecular formula is C36H40ClN3O8. The number of halogens is 1. The van der Waals surface area contributed by atoms with Gasteiger partial charge in [-0.05, 0) is 37.5 Å². The minimum atomic E-state index is -1.57. The number of rotatable bonds is 6. The van der Waals surface area contributed by atoms with Gasteiger partial charge in [0.25, 0.3) is 5.91 Å². The van der Waals surface area contributed by atoms with Crippen molar-refractivity contribution in [3.05, 3.63) is 89.0 Å². The number of nitrogens with zero attached hydrogens (tertiary/aromatic N) is 2. The summed E-state index contributed by atoms with van der Waals surface area (Å²) in [4.78, 5) is 59.7. The van der Waals surface area contributed by atoms with Crippen LogP contribution in [0.15, 0.2) is 72.8 Å². The Labute approximate surface area is 284 Å². The van der Waals surface area contributed by atoms with Crippen LogP contribution >= 0.6 is 11.6 Å². The number of hydrogen-bond donors (Lipinski definition) is 2. The molecule has 0 aromatic heterocycles. The Bertz CT molecular complexity index is 1610. The Balaban J connectivity index is 1.47. The number of hydrogen-bond acceptors (Lipinski definition) is 8. The highest BCUT2D eigenvalue weighted by atomic mass is 35.5. The highest BCUT2D eigenvalue weighted by molar-refractivity contribution is 6.34. The minimum absolute atomic E-state index is 0.0592. The molecule has 3 amide bonds. The zero-order chi connectivity index (χ0) is 34.2. The number of fused-ring (bicyclic) bond motifs is 2. The first kappa shape index (κ1) is 33.9. The number of nitrogens with one attached hydrogen (secondary N) is 1. The standard InChI is InChI=1S/C36H40ClN3O8/c1-21-11-9-14-24(37)30(21)39-18-10-17-36-29(33(43)40(22(2)19-41)32(36)34(39)44)28-26(48-36)15-7-8-16-27(42)38-25(20-46-3)31(47-35(28)45)23-12-5-4-6-13-23/h4-7,9-15,17,22,25-26,28-29,31-32,41H,8,16,18-20H2,1-3H3,(H,38,42)/b15-7-/t22-,25-,26-,28+,29+,31-,32-,36+/m1/s1. The maximum atomic E-state index is 14.7. The van der Waals surface area contributed by atoms with Crippen molar-refractivity contribution in [2.75, 3.05) is 31.8 Å². The molecule has 0 radical (unpaired) electrons. The number of carbonyl (C=O) groups excluding carboxylic acids is 4. The van der Waals surface area contributed by atoms with Crippen LogP contribution in [-0.2, 0) is 33.4 Å². The number of aliphatic hydroxyl groups is 1. The number of cyclic esters (lactones) is 1. The van der Waals surface area contributed by atoms with E-state index in [9.17, 15) is 24.3 Å². The van der Waals surface area contributed by atoms with Gasteiger partial charge in [-0.25, -0.2) is 0 Å². The van der Waals surface area contributed by atoms with Crippen LogP contribution in [-0.4, -0.2) is 90.4 Å². The fourth-order valence-electron chi connectivity index (χ4n) is 7.56. The van der Waals surface area contributed by atoms with Crippen LogP contribution < -0.4 is 10.2 Å². The lowest BCUT2D eigenvalue weighted by molar-refractivity contribution is -0.162. The molecule has 6 rings (SSSR count). The van der Waals surface area contributed by atoms with Crippen LogP contribution in [0.5, 0.6) is 0 Å². The van der Waals surface area contributed by atoms with Gasteiger partial charge in [-0.1, -0.05) is 78.4 Å². The number of anilines is 1. The van der Waals surface area contributed by atoms with Crippen LogP contribution in [0.3, 0.4) is 0 Å². The normalized spacial score (nSPS) is 31.9. The maximum Gasteiger partial charge on any atom is 0.313 e. The molecule has 12 heteroatoms. The van der Waals surface area contributed by atoms with Crippen molar-refractivity contribution in [1.29, 1.82) is 0 Å². The number of ether oxygens (including phenoxy) is 3. The number of carbonyl (C=O) groups is 4. The second kappa shape index (κ2) is 13.8. The topological polar surface area (TPSA) is 135 Å². The van der Waals surface area contributed by atoms with Crippen LogP contribution in [0.4, 0.5) is 5.69 Å². The largest absolute Gasteiger partial charge is 0.455 e. The van der Waals surface area contributed by atoms with Crippen molar-refractivity contribution in [2.24, 2.45) is 11.8 Å². The first-order valence-electron chi connectivity index (χ1n) is 16.2. The molecule has 2 saturated heterocycles. The lowest BCUT2D eigenvalue weighted by atomic mass is 9.77. The van der Waals surface area contributed by atoms with Crippen molar-refractivity contribution < 1.29 is 38.5 Å². The zero-order valence-corrected chi connectivity index (χ0v) is 27.8. The van der Waals surface area contributed by atoms with Gasteiger partial charge in [-0.15, -0.1) is 0 Å². The number of amides is 3. The van der Waals surface area contributed by atoms with E-state index in [1.165, 1.54) is 16.9 Å². The van der Waals surface area contributed by atoms with Crippen molar-refractivity contribution in [1.82, 2.24) is 10.2 Å². The summed E-state index contributed by atoms with van der Waals surface area (Å²) in [7, 11) is 1.50. The third-order valence-corrected chi connectivity index (χ3v) is 10.00.